The fraction of sp³-hybridized carbons (Fsp3) is 0.125. The lowest BCUT2D eigenvalue weighted by molar-refractivity contribution is -0.136. The first-order valence-corrected chi connectivity index (χ1v) is 3.91. The topological polar surface area (TPSA) is 81.1 Å². The number of aromatic nitrogens is 3. The molecule has 0 fully saturated rings. The van der Waals surface area contributed by atoms with Crippen LogP contribution in [0, 0.1) is 0 Å². The van der Waals surface area contributed by atoms with Crippen molar-refractivity contribution in [3.8, 4) is 5.88 Å². The molecule has 0 atom stereocenters. The first-order valence-electron chi connectivity index (χ1n) is 3.91. The van der Waals surface area contributed by atoms with Gasteiger partial charge in [-0.1, -0.05) is 0 Å². The van der Waals surface area contributed by atoms with Gasteiger partial charge in [-0.25, -0.2) is 9.67 Å². The highest BCUT2D eigenvalue weighted by Gasteiger charge is 2.06. The first-order chi connectivity index (χ1) is 6.75. The molecule has 0 spiro atoms. The molecule has 2 aromatic rings. The van der Waals surface area contributed by atoms with Gasteiger partial charge in [-0.05, 0) is 6.07 Å². The van der Waals surface area contributed by atoms with E-state index in [1.807, 2.05) is 0 Å². The predicted octanol–water partition coefficient (Wildman–Crippen LogP) is 0.487. The second-order valence-electron chi connectivity index (χ2n) is 2.66. The van der Waals surface area contributed by atoms with Gasteiger partial charge in [0.05, 0.1) is 18.3 Å². The van der Waals surface area contributed by atoms with E-state index >= 15 is 0 Å². The zero-order valence-corrected chi connectivity index (χ0v) is 7.12. The van der Waals surface area contributed by atoms with Gasteiger partial charge < -0.3 is 9.52 Å². The minimum Gasteiger partial charge on any atom is -0.481 e. The van der Waals surface area contributed by atoms with Crippen LogP contribution < -0.4 is 0 Å². The molecule has 0 radical (unpaired) electrons. The summed E-state index contributed by atoms with van der Waals surface area (Å²) in [6, 6.07) is 1.62. The third-order valence-corrected chi connectivity index (χ3v) is 1.62. The lowest BCUT2D eigenvalue weighted by Crippen LogP contribution is -2.02. The highest BCUT2D eigenvalue weighted by atomic mass is 16.4. The molecule has 0 saturated heterocycles. The second-order valence-corrected chi connectivity index (χ2v) is 2.66. The van der Waals surface area contributed by atoms with Crippen molar-refractivity contribution in [2.24, 2.45) is 0 Å². The summed E-state index contributed by atoms with van der Waals surface area (Å²) in [5.74, 6) is -0.450. The summed E-state index contributed by atoms with van der Waals surface area (Å²) in [6.07, 6.45) is 4.31. The van der Waals surface area contributed by atoms with Crippen molar-refractivity contribution in [1.29, 1.82) is 0 Å². The summed E-state index contributed by atoms with van der Waals surface area (Å²) in [6.45, 7) is 0. The molecule has 2 heterocycles. The van der Waals surface area contributed by atoms with Crippen LogP contribution in [0.1, 0.15) is 5.69 Å². The molecule has 0 unspecified atom stereocenters. The summed E-state index contributed by atoms with van der Waals surface area (Å²) in [4.78, 5) is 14.1. The summed E-state index contributed by atoms with van der Waals surface area (Å²) in [5, 5.41) is 12.5. The number of hydrogen-bond donors (Lipinski definition) is 1. The van der Waals surface area contributed by atoms with Gasteiger partial charge in [0, 0.05) is 6.20 Å². The molecule has 0 aromatic carbocycles. The molecule has 1 N–H and O–H groups in total. The second kappa shape index (κ2) is 3.33. The van der Waals surface area contributed by atoms with Crippen molar-refractivity contribution >= 4 is 5.97 Å². The lowest BCUT2D eigenvalue weighted by Gasteiger charge is -1.92. The number of nitrogens with zero attached hydrogens (tertiary/aromatic N) is 3. The van der Waals surface area contributed by atoms with Crippen molar-refractivity contribution in [3.05, 3.63) is 30.5 Å². The van der Waals surface area contributed by atoms with E-state index in [9.17, 15) is 4.79 Å². The van der Waals surface area contributed by atoms with E-state index in [0.717, 1.165) is 0 Å². The maximum atomic E-state index is 10.4. The Balaban J connectivity index is 2.22. The van der Waals surface area contributed by atoms with Crippen molar-refractivity contribution in [2.75, 3.05) is 0 Å². The van der Waals surface area contributed by atoms with E-state index < -0.39 is 5.97 Å². The van der Waals surface area contributed by atoms with E-state index in [2.05, 4.69) is 10.1 Å². The van der Waals surface area contributed by atoms with Crippen LogP contribution in [0.2, 0.25) is 0 Å². The van der Waals surface area contributed by atoms with Gasteiger partial charge in [0.15, 0.2) is 6.39 Å². The fourth-order valence-electron chi connectivity index (χ4n) is 1.06. The summed E-state index contributed by atoms with van der Waals surface area (Å²) >= 11 is 0. The van der Waals surface area contributed by atoms with Crippen molar-refractivity contribution in [3.63, 3.8) is 0 Å². The Kier molecular flexibility index (Phi) is 2.02. The van der Waals surface area contributed by atoms with Gasteiger partial charge in [-0.3, -0.25) is 4.79 Å². The number of carboxylic acid groups (broad SMARTS) is 1. The largest absolute Gasteiger partial charge is 0.481 e. The molecule has 0 aliphatic rings. The van der Waals surface area contributed by atoms with Gasteiger partial charge in [-0.15, -0.1) is 0 Å². The van der Waals surface area contributed by atoms with Gasteiger partial charge >= 0.3 is 5.97 Å². The van der Waals surface area contributed by atoms with E-state index in [-0.39, 0.29) is 6.42 Å². The monoisotopic (exact) mass is 193 g/mol. The van der Waals surface area contributed by atoms with Crippen molar-refractivity contribution < 1.29 is 14.3 Å². The number of carboxylic acids is 1. The van der Waals surface area contributed by atoms with Crippen molar-refractivity contribution in [1.82, 2.24) is 14.8 Å². The number of rotatable bonds is 3. The number of carbonyl (C=O) groups is 1. The summed E-state index contributed by atoms with van der Waals surface area (Å²) < 4.78 is 6.42. The third kappa shape index (κ3) is 1.63. The molecule has 6 heteroatoms. The molecule has 0 saturated carbocycles. The molecule has 0 amide bonds. The highest BCUT2D eigenvalue weighted by Crippen LogP contribution is 2.06. The molecule has 0 bridgehead atoms. The van der Waals surface area contributed by atoms with E-state index in [4.69, 9.17) is 9.52 Å². The van der Waals surface area contributed by atoms with E-state index in [1.165, 1.54) is 17.3 Å². The van der Waals surface area contributed by atoms with E-state index in [1.54, 1.807) is 12.3 Å². The standard InChI is InChI=1S/C8H7N3O3/c12-8(13)3-6-1-2-11(10-6)7-4-9-5-14-7/h1-2,4-5H,3H2,(H,12,13). The van der Waals surface area contributed by atoms with Gasteiger partial charge in [0.2, 0.25) is 5.88 Å². The normalized spacial score (nSPS) is 10.3. The Morgan fingerprint density at radius 2 is 2.50 bits per heavy atom. The number of aliphatic carboxylic acids is 1. The Bertz CT molecular complexity index is 432. The Hall–Kier alpha value is -2.11. The molecular weight excluding hydrogens is 186 g/mol. The minimum absolute atomic E-state index is 0.0961. The summed E-state index contributed by atoms with van der Waals surface area (Å²) in [7, 11) is 0. The highest BCUT2D eigenvalue weighted by molar-refractivity contribution is 5.69. The minimum atomic E-state index is -0.909. The predicted molar refractivity (Wildman–Crippen MR) is 45.0 cm³/mol. The summed E-state index contributed by atoms with van der Waals surface area (Å²) in [5.41, 5.74) is 0.480. The van der Waals surface area contributed by atoms with Crippen LogP contribution in [0.25, 0.3) is 5.88 Å². The van der Waals surface area contributed by atoms with E-state index in [0.29, 0.717) is 11.6 Å². The quantitative estimate of drug-likeness (QED) is 0.767. The Morgan fingerprint density at radius 1 is 1.64 bits per heavy atom. The number of hydrogen-bond acceptors (Lipinski definition) is 4. The zero-order chi connectivity index (χ0) is 9.97. The van der Waals surface area contributed by atoms with Crippen LogP contribution in [-0.2, 0) is 11.2 Å². The van der Waals surface area contributed by atoms with Gasteiger partial charge in [0.1, 0.15) is 0 Å². The molecule has 2 rings (SSSR count). The molecule has 0 aliphatic carbocycles. The van der Waals surface area contributed by atoms with Crippen molar-refractivity contribution in [2.45, 2.75) is 6.42 Å². The molecule has 72 valence electrons. The average molecular weight is 193 g/mol. The SMILES string of the molecule is O=C(O)Cc1ccn(-c2cnco2)n1. The van der Waals surface area contributed by atoms with Crippen LogP contribution >= 0.6 is 0 Å². The zero-order valence-electron chi connectivity index (χ0n) is 7.12. The van der Waals surface area contributed by atoms with Crippen LogP contribution in [-0.4, -0.2) is 25.8 Å². The van der Waals surface area contributed by atoms with Crippen LogP contribution in [0.15, 0.2) is 29.3 Å². The molecule has 6 nitrogen and oxygen atoms in total. The fourth-order valence-corrected chi connectivity index (χ4v) is 1.06. The molecule has 0 aliphatic heterocycles. The van der Waals surface area contributed by atoms with Gasteiger partial charge in [-0.2, -0.15) is 5.10 Å². The smallest absolute Gasteiger partial charge is 0.309 e. The Morgan fingerprint density at radius 3 is 3.14 bits per heavy atom. The van der Waals surface area contributed by atoms with Crippen LogP contribution in [0.3, 0.4) is 0 Å². The van der Waals surface area contributed by atoms with Gasteiger partial charge in [0.25, 0.3) is 0 Å². The lowest BCUT2D eigenvalue weighted by atomic mass is 10.3. The van der Waals surface area contributed by atoms with Crippen LogP contribution in [0.5, 0.6) is 0 Å². The third-order valence-electron chi connectivity index (χ3n) is 1.62. The number of oxazole rings is 1. The van der Waals surface area contributed by atoms with Crippen LogP contribution in [0.4, 0.5) is 0 Å². The Labute approximate surface area is 78.8 Å². The first kappa shape index (κ1) is 8.49. The molecule has 14 heavy (non-hydrogen) atoms. The maximum Gasteiger partial charge on any atom is 0.309 e. The molecule has 2 aromatic heterocycles. The maximum absolute atomic E-state index is 10.4. The molecular formula is C8H7N3O3. The average Bonchev–Trinajstić information content (AvgIpc) is 2.69.